The number of aromatic carboxylic acids is 1. The third-order valence-corrected chi connectivity index (χ3v) is 3.36. The van der Waals surface area contributed by atoms with Crippen LogP contribution in [-0.4, -0.2) is 38.7 Å². The van der Waals surface area contributed by atoms with E-state index in [1.165, 1.54) is 0 Å². The van der Waals surface area contributed by atoms with E-state index >= 15 is 0 Å². The molecule has 8 heteroatoms. The van der Waals surface area contributed by atoms with Crippen molar-refractivity contribution in [2.45, 2.75) is 32.4 Å². The zero-order valence-electron chi connectivity index (χ0n) is 10.8. The summed E-state index contributed by atoms with van der Waals surface area (Å²) in [6.07, 6.45) is 1.63. The summed E-state index contributed by atoms with van der Waals surface area (Å²) in [6, 6.07) is 0. The lowest BCUT2D eigenvalue weighted by atomic mass is 10.2. The molecule has 0 amide bonds. The van der Waals surface area contributed by atoms with Gasteiger partial charge in [-0.3, -0.25) is 4.79 Å². The molecule has 0 radical (unpaired) electrons. The lowest BCUT2D eigenvalue weighted by Gasteiger charge is -2.11. The van der Waals surface area contributed by atoms with Gasteiger partial charge >= 0.3 is 5.97 Å². The minimum atomic E-state index is -1.22. The van der Waals surface area contributed by atoms with E-state index in [0.29, 0.717) is 6.61 Å². The van der Waals surface area contributed by atoms with Gasteiger partial charge in [0.2, 0.25) is 0 Å². The number of carbonyl (C=O) groups is 1. The molecule has 1 fully saturated rings. The lowest BCUT2D eigenvalue weighted by molar-refractivity contribution is 0.0683. The second kappa shape index (κ2) is 4.71. The quantitative estimate of drug-likeness (QED) is 0.875. The lowest BCUT2D eigenvalue weighted by Crippen LogP contribution is -2.30. The van der Waals surface area contributed by atoms with Crippen molar-refractivity contribution in [2.24, 2.45) is 0 Å². The Morgan fingerprint density at radius 2 is 2.35 bits per heavy atom. The fourth-order valence-corrected chi connectivity index (χ4v) is 2.39. The molecule has 0 bridgehead atoms. The van der Waals surface area contributed by atoms with Crippen LogP contribution in [0.25, 0.3) is 10.9 Å². The SMILES string of the molecule is Cc1onc2c(=O)n(CC3CCCO3)nc(C(=O)O)c12. The Morgan fingerprint density at radius 1 is 1.55 bits per heavy atom. The largest absolute Gasteiger partial charge is 0.476 e. The second-order valence-corrected chi connectivity index (χ2v) is 4.74. The summed E-state index contributed by atoms with van der Waals surface area (Å²) in [5.74, 6) is -0.950. The summed E-state index contributed by atoms with van der Waals surface area (Å²) in [6.45, 7) is 2.42. The molecule has 3 rings (SSSR count). The van der Waals surface area contributed by atoms with Crippen molar-refractivity contribution in [3.05, 3.63) is 21.8 Å². The van der Waals surface area contributed by atoms with E-state index in [-0.39, 0.29) is 35.0 Å². The number of fused-ring (bicyclic) bond motifs is 1. The molecule has 0 aliphatic carbocycles. The van der Waals surface area contributed by atoms with Gasteiger partial charge in [0.15, 0.2) is 11.2 Å². The van der Waals surface area contributed by atoms with Gasteiger partial charge in [-0.15, -0.1) is 0 Å². The standard InChI is InChI=1S/C12H13N3O5/c1-6-8-9(14-20-6)11(16)15(13-10(8)12(17)18)5-7-3-2-4-19-7/h7H,2-5H2,1H3,(H,17,18). The van der Waals surface area contributed by atoms with Gasteiger partial charge in [-0.25, -0.2) is 9.48 Å². The van der Waals surface area contributed by atoms with Crippen LogP contribution < -0.4 is 5.56 Å². The van der Waals surface area contributed by atoms with Crippen LogP contribution in [0.5, 0.6) is 0 Å². The average Bonchev–Trinajstić information content (AvgIpc) is 3.03. The molecule has 20 heavy (non-hydrogen) atoms. The number of aromatic nitrogens is 3. The summed E-state index contributed by atoms with van der Waals surface area (Å²) in [4.78, 5) is 23.5. The van der Waals surface area contributed by atoms with Crippen molar-refractivity contribution in [1.29, 1.82) is 0 Å². The molecule has 3 heterocycles. The van der Waals surface area contributed by atoms with E-state index in [2.05, 4.69) is 10.3 Å². The number of carboxylic acid groups (broad SMARTS) is 1. The number of hydrogen-bond donors (Lipinski definition) is 1. The van der Waals surface area contributed by atoms with Crippen LogP contribution in [0.1, 0.15) is 29.1 Å². The first-order valence-corrected chi connectivity index (χ1v) is 6.30. The van der Waals surface area contributed by atoms with Crippen molar-refractivity contribution in [3.63, 3.8) is 0 Å². The van der Waals surface area contributed by atoms with Crippen LogP contribution in [0.2, 0.25) is 0 Å². The molecule has 2 aromatic heterocycles. The van der Waals surface area contributed by atoms with Crippen molar-refractivity contribution >= 4 is 16.9 Å². The molecule has 0 aromatic carbocycles. The first-order valence-electron chi connectivity index (χ1n) is 6.30. The van der Waals surface area contributed by atoms with E-state index in [1.54, 1.807) is 6.92 Å². The summed E-state index contributed by atoms with van der Waals surface area (Å²) < 4.78 is 11.5. The summed E-state index contributed by atoms with van der Waals surface area (Å²) in [5.41, 5.74) is -0.693. The Hall–Kier alpha value is -2.22. The molecule has 1 saturated heterocycles. The molecule has 8 nitrogen and oxygen atoms in total. The van der Waals surface area contributed by atoms with Crippen LogP contribution >= 0.6 is 0 Å². The Bertz CT molecular complexity index is 727. The molecule has 106 valence electrons. The van der Waals surface area contributed by atoms with Crippen molar-refractivity contribution in [3.8, 4) is 0 Å². The molecule has 1 aliphatic heterocycles. The van der Waals surface area contributed by atoms with Crippen molar-refractivity contribution in [1.82, 2.24) is 14.9 Å². The average molecular weight is 279 g/mol. The van der Waals surface area contributed by atoms with E-state index in [1.807, 2.05) is 0 Å². The Morgan fingerprint density at radius 3 is 3.00 bits per heavy atom. The van der Waals surface area contributed by atoms with Crippen LogP contribution in [0, 0.1) is 6.92 Å². The minimum absolute atomic E-state index is 0.00658. The van der Waals surface area contributed by atoms with Crippen LogP contribution in [-0.2, 0) is 11.3 Å². The van der Waals surface area contributed by atoms with E-state index in [9.17, 15) is 14.7 Å². The molecule has 0 saturated carbocycles. The first kappa shape index (κ1) is 12.8. The summed E-state index contributed by atoms with van der Waals surface area (Å²) >= 11 is 0. The number of nitrogens with zero attached hydrogens (tertiary/aromatic N) is 3. The molecular formula is C12H13N3O5. The predicted molar refractivity (Wildman–Crippen MR) is 66.7 cm³/mol. The van der Waals surface area contributed by atoms with Crippen LogP contribution in [0.15, 0.2) is 9.32 Å². The minimum Gasteiger partial charge on any atom is -0.476 e. The third kappa shape index (κ3) is 1.97. The topological polar surface area (TPSA) is 107 Å². The summed E-state index contributed by atoms with van der Waals surface area (Å²) in [7, 11) is 0. The zero-order chi connectivity index (χ0) is 14.3. The normalized spacial score (nSPS) is 18.8. The molecule has 0 spiro atoms. The van der Waals surface area contributed by atoms with E-state index < -0.39 is 11.5 Å². The molecule has 2 aromatic rings. The highest BCUT2D eigenvalue weighted by molar-refractivity contribution is 6.00. The maximum Gasteiger partial charge on any atom is 0.357 e. The number of ether oxygens (including phenoxy) is 1. The number of hydrogen-bond acceptors (Lipinski definition) is 6. The number of carboxylic acids is 1. The van der Waals surface area contributed by atoms with Gasteiger partial charge in [0, 0.05) is 6.61 Å². The number of aryl methyl sites for hydroxylation is 1. The fourth-order valence-electron chi connectivity index (χ4n) is 2.39. The molecular weight excluding hydrogens is 266 g/mol. The van der Waals surface area contributed by atoms with Gasteiger partial charge in [0.25, 0.3) is 5.56 Å². The molecule has 1 N–H and O–H groups in total. The summed E-state index contributed by atoms with van der Waals surface area (Å²) in [5, 5.41) is 16.9. The van der Waals surface area contributed by atoms with E-state index in [4.69, 9.17) is 9.26 Å². The maximum atomic E-state index is 12.2. The van der Waals surface area contributed by atoms with Gasteiger partial charge in [0.05, 0.1) is 18.0 Å². The Balaban J connectivity index is 2.15. The Kier molecular flexibility index (Phi) is 3.01. The van der Waals surface area contributed by atoms with Gasteiger partial charge in [0.1, 0.15) is 5.76 Å². The maximum absolute atomic E-state index is 12.2. The molecule has 1 unspecified atom stereocenters. The number of rotatable bonds is 3. The highest BCUT2D eigenvalue weighted by Gasteiger charge is 2.24. The highest BCUT2D eigenvalue weighted by atomic mass is 16.5. The van der Waals surface area contributed by atoms with Gasteiger partial charge in [-0.1, -0.05) is 5.16 Å². The van der Waals surface area contributed by atoms with Crippen molar-refractivity contribution in [2.75, 3.05) is 6.61 Å². The smallest absolute Gasteiger partial charge is 0.357 e. The van der Waals surface area contributed by atoms with E-state index in [0.717, 1.165) is 17.5 Å². The molecule has 1 atom stereocenters. The first-order chi connectivity index (χ1) is 9.58. The van der Waals surface area contributed by atoms with Gasteiger partial charge < -0.3 is 14.4 Å². The highest BCUT2D eigenvalue weighted by Crippen LogP contribution is 2.18. The third-order valence-electron chi connectivity index (χ3n) is 3.36. The van der Waals surface area contributed by atoms with Crippen LogP contribution in [0.3, 0.4) is 0 Å². The van der Waals surface area contributed by atoms with Crippen LogP contribution in [0.4, 0.5) is 0 Å². The monoisotopic (exact) mass is 279 g/mol. The van der Waals surface area contributed by atoms with Crippen molar-refractivity contribution < 1.29 is 19.2 Å². The zero-order valence-corrected chi connectivity index (χ0v) is 10.8. The fraction of sp³-hybridized carbons (Fsp3) is 0.500. The predicted octanol–water partition coefficient (Wildman–Crippen LogP) is 0.570. The van der Waals surface area contributed by atoms with Gasteiger partial charge in [-0.2, -0.15) is 5.10 Å². The second-order valence-electron chi connectivity index (χ2n) is 4.74. The van der Waals surface area contributed by atoms with Gasteiger partial charge in [-0.05, 0) is 19.8 Å². The molecule has 1 aliphatic rings. The Labute approximate surface area is 112 Å².